The van der Waals surface area contributed by atoms with Gasteiger partial charge in [0.1, 0.15) is 17.8 Å². The van der Waals surface area contributed by atoms with Crippen molar-refractivity contribution in [2.75, 3.05) is 11.9 Å². The molecule has 0 aliphatic heterocycles. The number of nitrogens with one attached hydrogen (secondary N) is 2. The molecule has 1 aliphatic rings. The highest BCUT2D eigenvalue weighted by atomic mass is 32.1. The predicted octanol–water partition coefficient (Wildman–Crippen LogP) is 4.88. The Balaban J connectivity index is 1.39. The molecule has 0 atom stereocenters. The number of fused-ring (bicyclic) bond motifs is 3. The van der Waals surface area contributed by atoms with Crippen LogP contribution in [0, 0.1) is 0 Å². The summed E-state index contributed by atoms with van der Waals surface area (Å²) in [5, 5.41) is 16.3. The first kappa shape index (κ1) is 23.4. The van der Waals surface area contributed by atoms with Crippen LogP contribution in [0.4, 0.5) is 9.93 Å². The molecule has 1 heterocycles. The summed E-state index contributed by atoms with van der Waals surface area (Å²) in [5.41, 5.74) is 3.17. The van der Waals surface area contributed by atoms with Crippen molar-refractivity contribution in [2.24, 2.45) is 0 Å². The molecule has 4 rings (SSSR count). The second-order valence-electron chi connectivity index (χ2n) is 8.04. The molecule has 0 fully saturated rings. The topological polar surface area (TPSA) is 118 Å². The molecule has 0 radical (unpaired) electrons. The number of rotatable bonds is 8. The van der Waals surface area contributed by atoms with Crippen LogP contribution in [0.1, 0.15) is 54.2 Å². The fourth-order valence-corrected chi connectivity index (χ4v) is 4.90. The average molecular weight is 480 g/mol. The Morgan fingerprint density at radius 1 is 1.03 bits per heavy atom. The summed E-state index contributed by atoms with van der Waals surface area (Å²) >= 11 is 1.06. The molecule has 9 heteroatoms. The van der Waals surface area contributed by atoms with Crippen molar-refractivity contribution in [3.05, 3.63) is 70.7 Å². The minimum absolute atomic E-state index is 0.0338. The van der Waals surface area contributed by atoms with Gasteiger partial charge >= 0.3 is 12.1 Å². The summed E-state index contributed by atoms with van der Waals surface area (Å²) in [6.45, 7) is 3.55. The number of carbonyl (C=O) groups is 3. The zero-order chi connectivity index (χ0) is 24.3. The van der Waals surface area contributed by atoms with Gasteiger partial charge in [0.2, 0.25) is 0 Å². The molecule has 1 aromatic heterocycles. The number of anilines is 1. The van der Waals surface area contributed by atoms with Crippen LogP contribution < -0.4 is 10.6 Å². The SMILES string of the molecule is CCC(CC)(NC(=O)c1csc(NC(=O)OCC2c3ccccc3-c3ccccc32)n1)C(=O)O. The number of hydrogen-bond acceptors (Lipinski definition) is 6. The van der Waals surface area contributed by atoms with E-state index in [1.54, 1.807) is 13.8 Å². The zero-order valence-electron chi connectivity index (χ0n) is 18.8. The Hall–Kier alpha value is -3.72. The van der Waals surface area contributed by atoms with Crippen molar-refractivity contribution < 1.29 is 24.2 Å². The molecule has 3 aromatic rings. The lowest BCUT2D eigenvalue weighted by Crippen LogP contribution is -2.53. The standard InChI is InChI=1S/C25H25N3O5S/c1-3-25(4-2,22(30)31)28-21(29)20-14-34-23(26-20)27-24(32)33-13-19-17-11-7-5-9-15(17)16-10-6-8-12-18(16)19/h5-12,14,19H,3-4,13H2,1-2H3,(H,28,29)(H,30,31)(H,26,27,32). The lowest BCUT2D eigenvalue weighted by molar-refractivity contribution is -0.144. The van der Waals surface area contributed by atoms with E-state index in [2.05, 4.69) is 27.8 Å². The van der Waals surface area contributed by atoms with Gasteiger partial charge in [-0.15, -0.1) is 11.3 Å². The van der Waals surface area contributed by atoms with E-state index in [4.69, 9.17) is 4.74 Å². The molecule has 34 heavy (non-hydrogen) atoms. The monoisotopic (exact) mass is 479 g/mol. The predicted molar refractivity (Wildman–Crippen MR) is 129 cm³/mol. The fourth-order valence-electron chi connectivity index (χ4n) is 4.22. The van der Waals surface area contributed by atoms with Crippen molar-refractivity contribution in [1.29, 1.82) is 0 Å². The number of ether oxygens (including phenoxy) is 1. The van der Waals surface area contributed by atoms with E-state index in [1.807, 2.05) is 36.4 Å². The second-order valence-corrected chi connectivity index (χ2v) is 8.90. The van der Waals surface area contributed by atoms with Gasteiger partial charge in [-0.1, -0.05) is 62.4 Å². The van der Waals surface area contributed by atoms with Crippen molar-refractivity contribution >= 4 is 34.4 Å². The van der Waals surface area contributed by atoms with E-state index in [0.29, 0.717) is 0 Å². The van der Waals surface area contributed by atoms with Crippen LogP contribution in [0.3, 0.4) is 0 Å². The molecule has 2 aromatic carbocycles. The molecule has 1 aliphatic carbocycles. The van der Waals surface area contributed by atoms with Crippen LogP contribution >= 0.6 is 11.3 Å². The summed E-state index contributed by atoms with van der Waals surface area (Å²) in [6.07, 6.45) is -0.204. The quantitative estimate of drug-likeness (QED) is 0.424. The molecule has 8 nitrogen and oxygen atoms in total. The van der Waals surface area contributed by atoms with Crippen molar-refractivity contribution in [2.45, 2.75) is 38.1 Å². The highest BCUT2D eigenvalue weighted by Crippen LogP contribution is 2.44. The molecule has 0 bridgehead atoms. The Labute approximate surface area is 201 Å². The number of carboxylic acids is 1. The van der Waals surface area contributed by atoms with Gasteiger partial charge in [-0.3, -0.25) is 10.1 Å². The van der Waals surface area contributed by atoms with Crippen molar-refractivity contribution in [3.8, 4) is 11.1 Å². The molecule has 0 spiro atoms. The molecule has 0 saturated heterocycles. The Morgan fingerprint density at radius 3 is 2.18 bits per heavy atom. The third-order valence-corrected chi connectivity index (χ3v) is 7.02. The van der Waals surface area contributed by atoms with Crippen LogP contribution in [0.2, 0.25) is 0 Å². The van der Waals surface area contributed by atoms with Crippen LogP contribution in [-0.2, 0) is 9.53 Å². The average Bonchev–Trinajstić information content (AvgIpc) is 3.44. The minimum Gasteiger partial charge on any atom is -0.480 e. The van der Waals surface area contributed by atoms with Crippen LogP contribution in [0.25, 0.3) is 11.1 Å². The number of carboxylic acid groups (broad SMARTS) is 1. The fraction of sp³-hybridized carbons (Fsp3) is 0.280. The number of thiazole rings is 1. The van der Waals surface area contributed by atoms with E-state index in [0.717, 1.165) is 33.6 Å². The number of nitrogens with zero attached hydrogens (tertiary/aromatic N) is 1. The van der Waals surface area contributed by atoms with E-state index in [-0.39, 0.29) is 36.2 Å². The normalized spacial score (nSPS) is 12.5. The molecular weight excluding hydrogens is 454 g/mol. The van der Waals surface area contributed by atoms with E-state index in [9.17, 15) is 19.5 Å². The molecule has 3 N–H and O–H groups in total. The van der Waals surface area contributed by atoms with Crippen molar-refractivity contribution in [3.63, 3.8) is 0 Å². The zero-order valence-corrected chi connectivity index (χ0v) is 19.6. The lowest BCUT2D eigenvalue weighted by atomic mass is 9.93. The third-order valence-electron chi connectivity index (χ3n) is 6.26. The summed E-state index contributed by atoms with van der Waals surface area (Å²) in [6, 6.07) is 16.1. The molecule has 176 valence electrons. The Bertz CT molecular complexity index is 1190. The first-order chi connectivity index (χ1) is 16.4. The molecule has 2 amide bonds. The lowest BCUT2D eigenvalue weighted by Gasteiger charge is -2.27. The van der Waals surface area contributed by atoms with E-state index < -0.39 is 23.5 Å². The number of amides is 2. The maximum absolute atomic E-state index is 12.5. The number of hydrogen-bond donors (Lipinski definition) is 3. The summed E-state index contributed by atoms with van der Waals surface area (Å²) in [7, 11) is 0. The van der Waals surface area contributed by atoms with Crippen molar-refractivity contribution in [1.82, 2.24) is 10.3 Å². The summed E-state index contributed by atoms with van der Waals surface area (Å²) < 4.78 is 5.50. The van der Waals surface area contributed by atoms with E-state index in [1.165, 1.54) is 5.38 Å². The first-order valence-electron chi connectivity index (χ1n) is 11.0. The maximum atomic E-state index is 12.5. The number of aromatic nitrogens is 1. The van der Waals surface area contributed by atoms with Gasteiger partial charge in [-0.2, -0.15) is 0 Å². The Morgan fingerprint density at radius 2 is 1.62 bits per heavy atom. The summed E-state index contributed by atoms with van der Waals surface area (Å²) in [5.74, 6) is -1.77. The maximum Gasteiger partial charge on any atom is 0.413 e. The van der Waals surface area contributed by atoms with Gasteiger partial charge in [-0.05, 0) is 35.1 Å². The Kier molecular flexibility index (Phi) is 6.65. The smallest absolute Gasteiger partial charge is 0.413 e. The van der Waals surface area contributed by atoms with Gasteiger partial charge in [0.15, 0.2) is 5.13 Å². The van der Waals surface area contributed by atoms with Gasteiger partial charge in [-0.25, -0.2) is 14.6 Å². The second kappa shape index (κ2) is 9.64. The van der Waals surface area contributed by atoms with Crippen LogP contribution in [0.15, 0.2) is 53.9 Å². The highest BCUT2D eigenvalue weighted by Gasteiger charge is 2.37. The summed E-state index contributed by atoms with van der Waals surface area (Å²) in [4.78, 5) is 40.7. The molecular formula is C25H25N3O5S. The first-order valence-corrected chi connectivity index (χ1v) is 11.9. The van der Waals surface area contributed by atoms with Crippen LogP contribution in [-0.4, -0.2) is 40.2 Å². The largest absolute Gasteiger partial charge is 0.480 e. The van der Waals surface area contributed by atoms with Gasteiger partial charge in [0, 0.05) is 11.3 Å². The number of benzene rings is 2. The molecule has 0 unspecified atom stereocenters. The van der Waals surface area contributed by atoms with Crippen LogP contribution in [0.5, 0.6) is 0 Å². The minimum atomic E-state index is -1.36. The van der Waals surface area contributed by atoms with Gasteiger partial charge in [0.05, 0.1) is 0 Å². The number of aliphatic carboxylic acids is 1. The highest BCUT2D eigenvalue weighted by molar-refractivity contribution is 7.14. The number of carbonyl (C=O) groups excluding carboxylic acids is 2. The molecule has 0 saturated carbocycles. The van der Waals surface area contributed by atoms with Gasteiger partial charge < -0.3 is 15.2 Å². The van der Waals surface area contributed by atoms with E-state index >= 15 is 0 Å². The third kappa shape index (κ3) is 4.38. The van der Waals surface area contributed by atoms with Gasteiger partial charge in [0.25, 0.3) is 5.91 Å².